The minimum atomic E-state index is -3.64. The summed E-state index contributed by atoms with van der Waals surface area (Å²) in [6, 6.07) is 4.15. The van der Waals surface area contributed by atoms with Gasteiger partial charge in [0.05, 0.1) is 16.0 Å². The third kappa shape index (κ3) is 4.03. The SMILES string of the molecule is O=C(NC(=S)Nc1cc(S(=O)(=O)N2CCCCC2)ccc1O)C12CC3CC(CC(C3)C1)C2. The first-order chi connectivity index (χ1) is 15.2. The molecule has 0 atom stereocenters. The number of rotatable bonds is 4. The van der Waals surface area contributed by atoms with Crippen molar-refractivity contribution in [2.75, 3.05) is 18.4 Å². The van der Waals surface area contributed by atoms with Gasteiger partial charge in [0.25, 0.3) is 0 Å². The average Bonchev–Trinajstić information content (AvgIpc) is 2.75. The van der Waals surface area contributed by atoms with E-state index < -0.39 is 10.0 Å². The molecule has 0 spiro atoms. The van der Waals surface area contributed by atoms with Crippen LogP contribution in [0.3, 0.4) is 0 Å². The van der Waals surface area contributed by atoms with Crippen LogP contribution in [-0.2, 0) is 14.8 Å². The summed E-state index contributed by atoms with van der Waals surface area (Å²) in [7, 11) is -3.64. The van der Waals surface area contributed by atoms with E-state index in [0.29, 0.717) is 30.8 Å². The van der Waals surface area contributed by atoms with E-state index in [9.17, 15) is 18.3 Å². The number of hydrogen-bond donors (Lipinski definition) is 3. The molecule has 1 aromatic rings. The highest BCUT2D eigenvalue weighted by Gasteiger charge is 2.54. The lowest BCUT2D eigenvalue weighted by molar-refractivity contribution is -0.144. The summed E-state index contributed by atoms with van der Waals surface area (Å²) >= 11 is 5.37. The predicted octanol–water partition coefficient (Wildman–Crippen LogP) is 3.60. The molecule has 1 heterocycles. The van der Waals surface area contributed by atoms with Gasteiger partial charge in [0.2, 0.25) is 15.9 Å². The number of carbonyl (C=O) groups excluding carboxylic acids is 1. The van der Waals surface area contributed by atoms with Crippen LogP contribution in [0.4, 0.5) is 5.69 Å². The Balaban J connectivity index is 1.28. The van der Waals surface area contributed by atoms with Crippen molar-refractivity contribution in [2.45, 2.75) is 62.7 Å². The van der Waals surface area contributed by atoms with Crippen LogP contribution >= 0.6 is 12.2 Å². The first kappa shape index (κ1) is 22.1. The second kappa shape index (κ2) is 8.25. The minimum Gasteiger partial charge on any atom is -0.506 e. The fourth-order valence-corrected chi connectivity index (χ4v) is 8.55. The molecule has 4 aliphatic carbocycles. The lowest BCUT2D eigenvalue weighted by Gasteiger charge is -2.55. The van der Waals surface area contributed by atoms with Gasteiger partial charge in [-0.05, 0) is 99.5 Å². The number of hydrogen-bond acceptors (Lipinski definition) is 5. The van der Waals surface area contributed by atoms with Gasteiger partial charge in [0.15, 0.2) is 5.11 Å². The maximum Gasteiger partial charge on any atom is 0.243 e. The molecule has 0 aromatic heterocycles. The number of sulfonamides is 1. The Morgan fingerprint density at radius 3 is 2.22 bits per heavy atom. The average molecular weight is 478 g/mol. The molecule has 9 heteroatoms. The van der Waals surface area contributed by atoms with E-state index in [0.717, 1.165) is 38.5 Å². The minimum absolute atomic E-state index is 0.0364. The van der Waals surface area contributed by atoms with Gasteiger partial charge in [-0.25, -0.2) is 8.42 Å². The number of thiocarbonyl (C=S) groups is 1. The van der Waals surface area contributed by atoms with Gasteiger partial charge in [0.1, 0.15) is 5.75 Å². The van der Waals surface area contributed by atoms with Crippen molar-refractivity contribution in [2.24, 2.45) is 23.2 Å². The number of nitrogens with zero attached hydrogens (tertiary/aromatic N) is 1. The van der Waals surface area contributed by atoms with Gasteiger partial charge in [0, 0.05) is 13.1 Å². The van der Waals surface area contributed by atoms with Gasteiger partial charge in [-0.15, -0.1) is 0 Å². The Hall–Kier alpha value is -1.71. The molecule has 1 saturated heterocycles. The molecule has 5 fully saturated rings. The highest BCUT2D eigenvalue weighted by Crippen LogP contribution is 2.60. The molecular formula is C23H31N3O4S2. The van der Waals surface area contributed by atoms with E-state index in [1.807, 2.05) is 0 Å². The molecular weight excluding hydrogens is 446 g/mol. The molecule has 32 heavy (non-hydrogen) atoms. The summed E-state index contributed by atoms with van der Waals surface area (Å²) in [5.41, 5.74) is -0.152. The molecule has 174 valence electrons. The quantitative estimate of drug-likeness (QED) is 0.453. The van der Waals surface area contributed by atoms with Crippen molar-refractivity contribution >= 4 is 38.9 Å². The maximum atomic E-state index is 13.2. The number of piperidine rings is 1. The van der Waals surface area contributed by atoms with E-state index in [4.69, 9.17) is 12.2 Å². The Morgan fingerprint density at radius 2 is 1.62 bits per heavy atom. The first-order valence-corrected chi connectivity index (χ1v) is 13.6. The van der Waals surface area contributed by atoms with E-state index in [-0.39, 0.29) is 32.8 Å². The van der Waals surface area contributed by atoms with Crippen LogP contribution in [0.1, 0.15) is 57.8 Å². The molecule has 4 saturated carbocycles. The van der Waals surface area contributed by atoms with E-state index in [2.05, 4.69) is 10.6 Å². The summed E-state index contributed by atoms with van der Waals surface area (Å²) in [5.74, 6) is 1.79. The summed E-state index contributed by atoms with van der Waals surface area (Å²) in [6.07, 6.45) is 9.29. The number of amides is 1. The van der Waals surface area contributed by atoms with Crippen molar-refractivity contribution in [3.63, 3.8) is 0 Å². The van der Waals surface area contributed by atoms with Gasteiger partial charge >= 0.3 is 0 Å². The summed E-state index contributed by atoms with van der Waals surface area (Å²) in [4.78, 5) is 13.3. The Bertz CT molecular complexity index is 998. The third-order valence-electron chi connectivity index (χ3n) is 7.92. The highest BCUT2D eigenvalue weighted by atomic mass is 32.2. The van der Waals surface area contributed by atoms with Crippen LogP contribution in [0.25, 0.3) is 0 Å². The summed E-state index contributed by atoms with van der Waals surface area (Å²) in [6.45, 7) is 1.01. The second-order valence-electron chi connectivity index (χ2n) is 10.2. The van der Waals surface area contributed by atoms with E-state index >= 15 is 0 Å². The number of nitrogens with one attached hydrogen (secondary N) is 2. The van der Waals surface area contributed by atoms with Crippen LogP contribution in [0.2, 0.25) is 0 Å². The zero-order valence-electron chi connectivity index (χ0n) is 18.2. The molecule has 5 aliphatic rings. The number of phenols is 1. The number of carbonyl (C=O) groups is 1. The lowest BCUT2D eigenvalue weighted by Crippen LogP contribution is -2.55. The Morgan fingerprint density at radius 1 is 1.03 bits per heavy atom. The van der Waals surface area contributed by atoms with Crippen molar-refractivity contribution in [1.82, 2.24) is 9.62 Å². The molecule has 3 N–H and O–H groups in total. The molecule has 1 aromatic carbocycles. The molecule has 4 bridgehead atoms. The standard InChI is InChI=1S/C23H31N3O4S2/c27-20-5-4-18(32(29,30)26-6-2-1-3-7-26)11-19(20)24-22(31)25-21(28)23-12-15-8-16(13-23)10-17(9-15)14-23/h4-5,11,15-17,27H,1-3,6-10,12-14H2,(H2,24,25,28,31). The molecule has 7 nitrogen and oxygen atoms in total. The van der Waals surface area contributed by atoms with E-state index in [1.54, 1.807) is 0 Å². The van der Waals surface area contributed by atoms with Crippen molar-refractivity contribution < 1.29 is 18.3 Å². The van der Waals surface area contributed by atoms with Gasteiger partial charge < -0.3 is 15.7 Å². The van der Waals surface area contributed by atoms with Crippen LogP contribution in [-0.4, -0.2) is 41.9 Å². The summed E-state index contributed by atoms with van der Waals surface area (Å²) in [5, 5.41) is 16.1. The normalized spacial score (nSPS) is 31.9. The molecule has 1 amide bonds. The van der Waals surface area contributed by atoms with Crippen molar-refractivity contribution in [3.05, 3.63) is 18.2 Å². The molecule has 1 aliphatic heterocycles. The third-order valence-corrected chi connectivity index (χ3v) is 10.0. The Kier molecular flexibility index (Phi) is 5.70. The fraction of sp³-hybridized carbons (Fsp3) is 0.652. The first-order valence-electron chi connectivity index (χ1n) is 11.7. The van der Waals surface area contributed by atoms with Gasteiger partial charge in [-0.1, -0.05) is 6.42 Å². The topological polar surface area (TPSA) is 98.7 Å². The number of anilines is 1. The largest absolute Gasteiger partial charge is 0.506 e. The van der Waals surface area contributed by atoms with E-state index in [1.165, 1.54) is 41.8 Å². The smallest absolute Gasteiger partial charge is 0.243 e. The van der Waals surface area contributed by atoms with Crippen LogP contribution in [0, 0.1) is 23.2 Å². The molecule has 6 rings (SSSR count). The van der Waals surface area contributed by atoms with Gasteiger partial charge in [-0.2, -0.15) is 4.31 Å². The molecule has 0 unspecified atom stereocenters. The number of aromatic hydroxyl groups is 1. The number of phenolic OH excluding ortho intramolecular Hbond substituents is 1. The van der Waals surface area contributed by atoms with Crippen LogP contribution in [0.5, 0.6) is 5.75 Å². The zero-order valence-corrected chi connectivity index (χ0v) is 19.8. The van der Waals surface area contributed by atoms with Crippen molar-refractivity contribution in [1.29, 1.82) is 0 Å². The zero-order chi connectivity index (χ0) is 22.5. The monoisotopic (exact) mass is 477 g/mol. The van der Waals surface area contributed by atoms with Gasteiger partial charge in [-0.3, -0.25) is 4.79 Å². The fourth-order valence-electron chi connectivity index (χ4n) is 6.81. The lowest BCUT2D eigenvalue weighted by atomic mass is 9.49. The Labute approximate surface area is 195 Å². The molecule has 0 radical (unpaired) electrons. The van der Waals surface area contributed by atoms with Crippen LogP contribution < -0.4 is 10.6 Å². The van der Waals surface area contributed by atoms with Crippen LogP contribution in [0.15, 0.2) is 23.1 Å². The summed E-state index contributed by atoms with van der Waals surface area (Å²) < 4.78 is 27.5. The number of benzene rings is 1. The maximum absolute atomic E-state index is 13.2. The highest BCUT2D eigenvalue weighted by molar-refractivity contribution is 7.89. The predicted molar refractivity (Wildman–Crippen MR) is 126 cm³/mol. The van der Waals surface area contributed by atoms with Crippen molar-refractivity contribution in [3.8, 4) is 5.75 Å². The second-order valence-corrected chi connectivity index (χ2v) is 12.6.